The summed E-state index contributed by atoms with van der Waals surface area (Å²) in [6.45, 7) is 2.00. The lowest BCUT2D eigenvalue weighted by Crippen LogP contribution is -2.09. The van der Waals surface area contributed by atoms with Gasteiger partial charge in [-0.1, -0.05) is 54.1 Å². The largest absolute Gasteiger partial charge is 0.486 e. The van der Waals surface area contributed by atoms with E-state index < -0.39 is 5.97 Å². The Morgan fingerprint density at radius 1 is 1.03 bits per heavy atom. The Morgan fingerprint density at radius 3 is 2.61 bits per heavy atom. The van der Waals surface area contributed by atoms with Crippen LogP contribution in [0, 0.1) is 6.92 Å². The van der Waals surface area contributed by atoms with E-state index in [9.17, 15) is 4.79 Å². The molecule has 0 bridgehead atoms. The molecule has 0 radical (unpaired) electrons. The highest BCUT2D eigenvalue weighted by Crippen LogP contribution is 2.32. The molecule has 2 aromatic heterocycles. The van der Waals surface area contributed by atoms with Crippen molar-refractivity contribution in [1.82, 2.24) is 14.8 Å². The molecule has 0 amide bonds. The first kappa shape index (κ1) is 20.5. The molecular formula is C26H21N3O4. The van der Waals surface area contributed by atoms with Crippen LogP contribution in [0.5, 0.6) is 5.75 Å². The highest BCUT2D eigenvalue weighted by molar-refractivity contribution is 5.86. The van der Waals surface area contributed by atoms with Crippen molar-refractivity contribution in [2.45, 2.75) is 20.1 Å². The van der Waals surface area contributed by atoms with E-state index in [0.717, 1.165) is 22.1 Å². The summed E-state index contributed by atoms with van der Waals surface area (Å²) in [6, 6.07) is 23.3. The molecule has 0 spiro atoms. The number of benzene rings is 3. The molecule has 0 aliphatic carbocycles. The number of hydrogen-bond donors (Lipinski definition) is 1. The second-order valence-electron chi connectivity index (χ2n) is 7.70. The average Bonchev–Trinajstić information content (AvgIpc) is 3.43. The standard InChI is InChI=1S/C26H21N3O4/c1-17-7-5-10-19(13-17)26-28-21(25(33-26)18-8-3-2-4-9-18)16-32-23-12-6-11-22-20(23)14-27-29(22)15-24(30)31/h2-14H,15-16H2,1H3,(H,30,31). The molecular weight excluding hydrogens is 418 g/mol. The monoisotopic (exact) mass is 439 g/mol. The molecule has 0 aliphatic rings. The van der Waals surface area contributed by atoms with Crippen molar-refractivity contribution in [2.24, 2.45) is 0 Å². The third kappa shape index (κ3) is 4.21. The molecule has 1 N–H and O–H groups in total. The minimum atomic E-state index is -0.954. The lowest BCUT2D eigenvalue weighted by Gasteiger charge is -2.07. The third-order valence-corrected chi connectivity index (χ3v) is 5.30. The Balaban J connectivity index is 1.49. The van der Waals surface area contributed by atoms with E-state index in [1.807, 2.05) is 79.7 Å². The number of carbonyl (C=O) groups is 1. The number of aryl methyl sites for hydroxylation is 1. The molecule has 0 saturated heterocycles. The lowest BCUT2D eigenvalue weighted by molar-refractivity contribution is -0.137. The van der Waals surface area contributed by atoms with Gasteiger partial charge in [-0.2, -0.15) is 5.10 Å². The molecule has 0 aliphatic heterocycles. The van der Waals surface area contributed by atoms with Crippen molar-refractivity contribution in [2.75, 3.05) is 0 Å². The Bertz CT molecular complexity index is 1440. The van der Waals surface area contributed by atoms with Gasteiger partial charge in [0.05, 0.1) is 17.1 Å². The Kier molecular flexibility index (Phi) is 5.36. The molecule has 7 heteroatoms. The summed E-state index contributed by atoms with van der Waals surface area (Å²) in [5.74, 6) is 0.831. The fourth-order valence-electron chi connectivity index (χ4n) is 3.77. The van der Waals surface area contributed by atoms with E-state index >= 15 is 0 Å². The zero-order valence-corrected chi connectivity index (χ0v) is 17.9. The predicted octanol–water partition coefficient (Wildman–Crippen LogP) is 5.33. The average molecular weight is 439 g/mol. The van der Waals surface area contributed by atoms with Gasteiger partial charge in [0.2, 0.25) is 5.89 Å². The fraction of sp³-hybridized carbons (Fsp3) is 0.115. The Labute approximate surface area is 189 Å². The molecule has 5 rings (SSSR count). The molecule has 164 valence electrons. The van der Waals surface area contributed by atoms with Gasteiger partial charge in [0, 0.05) is 11.1 Å². The number of hydrogen-bond acceptors (Lipinski definition) is 5. The van der Waals surface area contributed by atoms with Crippen LogP contribution in [0.4, 0.5) is 0 Å². The zero-order chi connectivity index (χ0) is 22.8. The number of aromatic nitrogens is 3. The van der Waals surface area contributed by atoms with Crippen molar-refractivity contribution in [1.29, 1.82) is 0 Å². The number of carboxylic acid groups (broad SMARTS) is 1. The zero-order valence-electron chi connectivity index (χ0n) is 17.9. The molecule has 0 fully saturated rings. The summed E-state index contributed by atoms with van der Waals surface area (Å²) in [6.07, 6.45) is 1.62. The predicted molar refractivity (Wildman–Crippen MR) is 124 cm³/mol. The van der Waals surface area contributed by atoms with Crippen LogP contribution in [0.25, 0.3) is 33.7 Å². The quantitative estimate of drug-likeness (QED) is 0.369. The minimum absolute atomic E-state index is 0.183. The Morgan fingerprint density at radius 2 is 1.82 bits per heavy atom. The summed E-state index contributed by atoms with van der Waals surface area (Å²) in [5, 5.41) is 14.0. The van der Waals surface area contributed by atoms with E-state index in [1.54, 1.807) is 6.20 Å². The summed E-state index contributed by atoms with van der Waals surface area (Å²) < 4.78 is 13.8. The maximum Gasteiger partial charge on any atom is 0.325 e. The van der Waals surface area contributed by atoms with E-state index in [1.165, 1.54) is 4.68 Å². The van der Waals surface area contributed by atoms with Gasteiger partial charge >= 0.3 is 5.97 Å². The number of ether oxygens (including phenoxy) is 1. The van der Waals surface area contributed by atoms with Crippen LogP contribution in [0.3, 0.4) is 0 Å². The molecule has 0 saturated carbocycles. The van der Waals surface area contributed by atoms with Gasteiger partial charge in [-0.25, -0.2) is 4.98 Å². The van der Waals surface area contributed by atoms with Gasteiger partial charge < -0.3 is 14.3 Å². The summed E-state index contributed by atoms with van der Waals surface area (Å²) >= 11 is 0. The normalized spacial score (nSPS) is 11.1. The van der Waals surface area contributed by atoms with Gasteiger partial charge in [0.15, 0.2) is 5.76 Å². The number of fused-ring (bicyclic) bond motifs is 1. The highest BCUT2D eigenvalue weighted by Gasteiger charge is 2.18. The lowest BCUT2D eigenvalue weighted by atomic mass is 10.1. The van der Waals surface area contributed by atoms with Gasteiger partial charge in [0.1, 0.15) is 24.6 Å². The maximum atomic E-state index is 11.1. The van der Waals surface area contributed by atoms with E-state index in [2.05, 4.69) is 5.10 Å². The third-order valence-electron chi connectivity index (χ3n) is 5.30. The molecule has 3 aromatic carbocycles. The SMILES string of the molecule is Cc1cccc(-c2nc(COc3cccc4c3cnn4CC(=O)O)c(-c3ccccc3)o2)c1. The van der Waals surface area contributed by atoms with Crippen LogP contribution in [0.2, 0.25) is 0 Å². The van der Waals surface area contributed by atoms with Gasteiger partial charge in [-0.3, -0.25) is 9.48 Å². The molecule has 5 aromatic rings. The van der Waals surface area contributed by atoms with Gasteiger partial charge in [-0.15, -0.1) is 0 Å². The van der Waals surface area contributed by atoms with Crippen LogP contribution in [-0.2, 0) is 17.9 Å². The Hall–Kier alpha value is -4.39. The van der Waals surface area contributed by atoms with Crippen LogP contribution in [-0.4, -0.2) is 25.8 Å². The number of carboxylic acids is 1. The highest BCUT2D eigenvalue weighted by atomic mass is 16.5. The molecule has 7 nitrogen and oxygen atoms in total. The summed E-state index contributed by atoms with van der Waals surface area (Å²) in [4.78, 5) is 15.9. The van der Waals surface area contributed by atoms with Crippen LogP contribution in [0.1, 0.15) is 11.3 Å². The second kappa shape index (κ2) is 8.63. The first-order valence-corrected chi connectivity index (χ1v) is 10.5. The molecule has 33 heavy (non-hydrogen) atoms. The molecule has 2 heterocycles. The van der Waals surface area contributed by atoms with Crippen molar-refractivity contribution in [3.63, 3.8) is 0 Å². The van der Waals surface area contributed by atoms with Crippen molar-refractivity contribution < 1.29 is 19.1 Å². The first-order valence-electron chi connectivity index (χ1n) is 10.5. The summed E-state index contributed by atoms with van der Waals surface area (Å²) in [7, 11) is 0. The van der Waals surface area contributed by atoms with Gasteiger partial charge in [0.25, 0.3) is 0 Å². The topological polar surface area (TPSA) is 90.4 Å². The van der Waals surface area contributed by atoms with Crippen LogP contribution >= 0.6 is 0 Å². The van der Waals surface area contributed by atoms with E-state index in [0.29, 0.717) is 28.6 Å². The maximum absolute atomic E-state index is 11.1. The fourth-order valence-corrected chi connectivity index (χ4v) is 3.77. The molecule has 0 unspecified atom stereocenters. The smallest absolute Gasteiger partial charge is 0.325 e. The van der Waals surface area contributed by atoms with Crippen molar-refractivity contribution >= 4 is 16.9 Å². The minimum Gasteiger partial charge on any atom is -0.486 e. The van der Waals surface area contributed by atoms with Crippen molar-refractivity contribution in [3.05, 3.63) is 90.3 Å². The van der Waals surface area contributed by atoms with Crippen molar-refractivity contribution in [3.8, 4) is 28.5 Å². The second-order valence-corrected chi connectivity index (χ2v) is 7.70. The number of aliphatic carboxylic acids is 1. The number of oxazole rings is 1. The van der Waals surface area contributed by atoms with E-state index in [-0.39, 0.29) is 13.2 Å². The number of nitrogens with zero attached hydrogens (tertiary/aromatic N) is 3. The van der Waals surface area contributed by atoms with Crippen LogP contribution in [0.15, 0.2) is 83.4 Å². The summed E-state index contributed by atoms with van der Waals surface area (Å²) in [5.41, 5.74) is 4.30. The first-order chi connectivity index (χ1) is 16.1. The van der Waals surface area contributed by atoms with E-state index in [4.69, 9.17) is 19.2 Å². The van der Waals surface area contributed by atoms with Gasteiger partial charge in [-0.05, 0) is 31.2 Å². The molecule has 0 atom stereocenters. The number of rotatable bonds is 7. The van der Waals surface area contributed by atoms with Crippen LogP contribution < -0.4 is 4.74 Å².